The minimum atomic E-state index is -1.68. The Morgan fingerprint density at radius 1 is 0.351 bits per heavy atom. The largest absolute Gasteiger partial charge is 0.427 e. The van der Waals surface area contributed by atoms with Crippen LogP contribution in [-0.2, 0) is 17.4 Å². The molecule has 0 saturated heterocycles. The van der Waals surface area contributed by atoms with Crippen LogP contribution in [0.1, 0.15) is 83.2 Å². The topological polar surface area (TPSA) is 86.8 Å². The molecular formula is C58H64N4O8P4. The minimum absolute atomic E-state index is 0.502. The van der Waals surface area contributed by atoms with Gasteiger partial charge >= 0.3 is 34.1 Å². The second kappa shape index (κ2) is 22.2. The van der Waals surface area contributed by atoms with E-state index in [1.165, 1.54) is 0 Å². The van der Waals surface area contributed by atoms with E-state index in [2.05, 4.69) is 195 Å². The van der Waals surface area contributed by atoms with Crippen LogP contribution in [0, 0.1) is 0 Å². The molecule has 4 unspecified atom stereocenters. The van der Waals surface area contributed by atoms with Crippen molar-refractivity contribution in [1.82, 2.24) is 18.7 Å². The van der Waals surface area contributed by atoms with Gasteiger partial charge in [0, 0.05) is 93.0 Å². The highest BCUT2D eigenvalue weighted by Crippen LogP contribution is 2.56. The Balaban J connectivity index is 1.15. The van der Waals surface area contributed by atoms with Gasteiger partial charge in [-0.25, -0.2) is 18.7 Å². The number of nitrogens with zero attached hydrogens (tertiary/aromatic N) is 4. The molecule has 7 aromatic rings. The van der Waals surface area contributed by atoms with Gasteiger partial charge < -0.3 is 36.2 Å². The van der Waals surface area contributed by atoms with Crippen molar-refractivity contribution in [3.8, 4) is 40.2 Å². The van der Waals surface area contributed by atoms with Gasteiger partial charge in [0.25, 0.3) is 0 Å². The molecule has 0 saturated carbocycles. The minimum Gasteiger partial charge on any atom is -0.427 e. The molecule has 12 nitrogen and oxygen atoms in total. The standard InChI is InChI=1S/C58H64N4O8P4/c1-9-59(10-2)71-63-43-25-19-40-22-30-56-50(46(40)34-43)37-51-47-36-45(27-21-41(47)23-31-57(51)69-74(68-56)62(15-7)16-8)65-72(60(11-3)12-4)66-54-28-17-39-18-29-55-53(49(54)33-39)38-52-48-35-44(64-71)26-20-42(48)24-32-58(52)70-73(67-55)61(13-5)14-6/h17-36H,9-16,37-38H2,1-8H3. The summed E-state index contributed by atoms with van der Waals surface area (Å²) in [6.45, 7) is 23.2. The van der Waals surface area contributed by atoms with E-state index in [0.717, 1.165) is 147 Å². The highest BCUT2D eigenvalue weighted by atomic mass is 31.2. The number of allylic oxidation sites excluding steroid dienone is 2. The lowest BCUT2D eigenvalue weighted by Gasteiger charge is -2.32. The summed E-state index contributed by atoms with van der Waals surface area (Å²) in [5.41, 5.74) is 6.17. The summed E-state index contributed by atoms with van der Waals surface area (Å²) >= 11 is 0. The summed E-state index contributed by atoms with van der Waals surface area (Å²) in [4.78, 5) is 0. The maximum Gasteiger partial charge on any atom is 0.384 e. The van der Waals surface area contributed by atoms with Gasteiger partial charge in [-0.2, -0.15) is 0 Å². The molecule has 4 atom stereocenters. The predicted octanol–water partition coefficient (Wildman–Crippen LogP) is 16.4. The number of fused-ring (bicyclic) bond motifs is 4. The Hall–Kier alpha value is -5.24. The van der Waals surface area contributed by atoms with Gasteiger partial charge in [0.05, 0.1) is 0 Å². The second-order valence-corrected chi connectivity index (χ2v) is 23.9. The van der Waals surface area contributed by atoms with Crippen molar-refractivity contribution in [2.24, 2.45) is 0 Å². The number of rotatable bonds is 12. The molecule has 3 heterocycles. The molecule has 0 fully saturated rings. The van der Waals surface area contributed by atoms with Crippen molar-refractivity contribution in [2.75, 3.05) is 52.4 Å². The molecule has 0 radical (unpaired) electrons. The zero-order valence-electron chi connectivity index (χ0n) is 43.5. The van der Waals surface area contributed by atoms with E-state index in [1.807, 2.05) is 0 Å². The Bertz CT molecular complexity index is 3290. The van der Waals surface area contributed by atoms with E-state index in [-0.39, 0.29) is 0 Å². The van der Waals surface area contributed by atoms with Gasteiger partial charge in [-0.3, -0.25) is 0 Å². The first-order chi connectivity index (χ1) is 36.2. The van der Waals surface area contributed by atoms with Crippen molar-refractivity contribution in [3.63, 3.8) is 0 Å². The quantitative estimate of drug-likeness (QED) is 0.109. The number of hydrogen-bond acceptors (Lipinski definition) is 12. The van der Waals surface area contributed by atoms with Crippen molar-refractivity contribution in [2.45, 2.75) is 68.2 Å². The molecule has 0 aromatic heterocycles. The second-order valence-electron chi connectivity index (χ2n) is 18.3. The zero-order valence-corrected chi connectivity index (χ0v) is 47.0. The fraction of sp³-hybridized carbons (Fsp3) is 0.310. The Morgan fingerprint density at radius 2 is 0.703 bits per heavy atom. The molecule has 0 amide bonds. The maximum atomic E-state index is 7.31. The molecule has 1 aliphatic carbocycles. The van der Waals surface area contributed by atoms with Crippen LogP contribution in [-0.4, -0.2) is 71.0 Å². The maximum absolute atomic E-state index is 7.31. The summed E-state index contributed by atoms with van der Waals surface area (Å²) in [6, 6.07) is 38.2. The van der Waals surface area contributed by atoms with Crippen molar-refractivity contribution >= 4 is 78.1 Å². The summed E-state index contributed by atoms with van der Waals surface area (Å²) in [6.07, 6.45) is 5.26. The normalized spacial score (nSPS) is 19.0. The molecule has 11 rings (SSSR count). The molecule has 16 heteroatoms. The molecule has 3 aliphatic heterocycles. The third-order valence-corrected chi connectivity index (χ3v) is 21.2. The third-order valence-electron chi connectivity index (χ3n) is 14.2. The van der Waals surface area contributed by atoms with E-state index >= 15 is 0 Å². The third kappa shape index (κ3) is 9.90. The Labute approximate surface area is 440 Å². The number of hydrogen-bond donors (Lipinski definition) is 0. The molecule has 0 N–H and O–H groups in total. The first-order valence-corrected chi connectivity index (χ1v) is 30.6. The molecule has 384 valence electrons. The average Bonchev–Trinajstić information content (AvgIpc) is 3.53. The molecular weight excluding hydrogens is 1000 g/mol. The van der Waals surface area contributed by atoms with Gasteiger partial charge in [0.15, 0.2) is 0 Å². The average molecular weight is 1070 g/mol. The SMILES string of the molecule is CCN(CC)P1Oc2ccc3ccc4c(c3c2)CC2=C(C=Cc3ccc(c2c3)OP(N(CC)CC)Oc2ccc3ccc5c(c3c2)Cc2c(ccc3ccc(cc23)O1)OP(N(CC)CC)O5)OP(N(CC)CC)O4. The molecule has 74 heavy (non-hydrogen) atoms. The summed E-state index contributed by atoms with van der Waals surface area (Å²) in [7, 11) is -6.38. The van der Waals surface area contributed by atoms with E-state index in [4.69, 9.17) is 36.2 Å². The van der Waals surface area contributed by atoms with Gasteiger partial charge in [0.2, 0.25) is 0 Å². The Kier molecular flexibility index (Phi) is 15.2. The van der Waals surface area contributed by atoms with Crippen LogP contribution >= 0.6 is 34.1 Å². The predicted molar refractivity (Wildman–Crippen MR) is 306 cm³/mol. The summed E-state index contributed by atoms with van der Waals surface area (Å²) in [5, 5.41) is 6.36. The zero-order chi connectivity index (χ0) is 51.0. The Morgan fingerprint density at radius 3 is 1.14 bits per heavy atom. The van der Waals surface area contributed by atoms with Crippen molar-refractivity contribution < 1.29 is 36.2 Å². The lowest BCUT2D eigenvalue weighted by Crippen LogP contribution is -2.23. The highest BCUT2D eigenvalue weighted by Gasteiger charge is 2.35. The van der Waals surface area contributed by atoms with Gasteiger partial charge in [-0.05, 0) is 111 Å². The fourth-order valence-corrected chi connectivity index (χ4v) is 15.5. The van der Waals surface area contributed by atoms with E-state index in [0.29, 0.717) is 30.1 Å². The van der Waals surface area contributed by atoms with Crippen molar-refractivity contribution in [1.29, 1.82) is 0 Å². The van der Waals surface area contributed by atoms with E-state index in [9.17, 15) is 0 Å². The van der Waals surface area contributed by atoms with Crippen LogP contribution in [0.2, 0.25) is 0 Å². The van der Waals surface area contributed by atoms with Gasteiger partial charge in [-0.15, -0.1) is 0 Å². The lowest BCUT2D eigenvalue weighted by molar-refractivity contribution is 0.330. The fourth-order valence-electron chi connectivity index (χ4n) is 10.0. The van der Waals surface area contributed by atoms with E-state index < -0.39 is 34.1 Å². The smallest absolute Gasteiger partial charge is 0.384 e. The van der Waals surface area contributed by atoms with E-state index in [1.54, 1.807) is 0 Å². The monoisotopic (exact) mass is 1070 g/mol. The van der Waals surface area contributed by atoms with Crippen molar-refractivity contribution in [3.05, 3.63) is 149 Å². The lowest BCUT2D eigenvalue weighted by atomic mass is 9.92. The summed E-state index contributed by atoms with van der Waals surface area (Å²) < 4.78 is 65.8. The van der Waals surface area contributed by atoms with Gasteiger partial charge in [0.1, 0.15) is 46.0 Å². The van der Waals surface area contributed by atoms with Crippen LogP contribution in [0.25, 0.3) is 44.0 Å². The van der Waals surface area contributed by atoms with Crippen LogP contribution in [0.3, 0.4) is 0 Å². The molecule has 7 aromatic carbocycles. The first kappa shape index (κ1) is 50.9. The van der Waals surface area contributed by atoms with Gasteiger partial charge in [-0.1, -0.05) is 104 Å². The van der Waals surface area contributed by atoms with Crippen LogP contribution in [0.5, 0.6) is 40.2 Å². The highest BCUT2D eigenvalue weighted by molar-refractivity contribution is 7.46. The molecule has 0 spiro atoms. The molecule has 12 bridgehead atoms. The summed E-state index contributed by atoms with van der Waals surface area (Å²) in [5.74, 6) is 5.97. The number of benzene rings is 7. The van der Waals surface area contributed by atoms with Crippen LogP contribution in [0.15, 0.2) is 121 Å². The first-order valence-electron chi connectivity index (χ1n) is 26.1. The van der Waals surface area contributed by atoms with Crippen LogP contribution in [0.4, 0.5) is 0 Å². The van der Waals surface area contributed by atoms with Crippen LogP contribution < -0.4 is 31.7 Å². The molecule has 4 aliphatic rings.